The van der Waals surface area contributed by atoms with Crippen LogP contribution in [0.1, 0.15) is 36.0 Å². The van der Waals surface area contributed by atoms with Crippen molar-refractivity contribution in [1.82, 2.24) is 14.8 Å². The van der Waals surface area contributed by atoms with E-state index in [0.717, 1.165) is 55.9 Å². The van der Waals surface area contributed by atoms with E-state index < -0.39 is 0 Å². The Hall–Kier alpha value is -2.24. The van der Waals surface area contributed by atoms with Crippen molar-refractivity contribution in [3.05, 3.63) is 54.4 Å². The number of nitrogens with zero attached hydrogens (tertiary/aromatic N) is 3. The number of benzene rings is 1. The zero-order valence-corrected chi connectivity index (χ0v) is 16.4. The highest BCUT2D eigenvalue weighted by atomic mass is 16.5. The Morgan fingerprint density at radius 2 is 1.64 bits per heavy atom. The zero-order chi connectivity index (χ0) is 19.2. The first-order valence-corrected chi connectivity index (χ1v) is 10.4. The summed E-state index contributed by atoms with van der Waals surface area (Å²) in [6, 6.07) is 11.9. The number of ether oxygens (including phenoxy) is 1. The van der Waals surface area contributed by atoms with E-state index in [0.29, 0.717) is 6.54 Å². The second kappa shape index (κ2) is 9.30. The number of rotatable bonds is 4. The van der Waals surface area contributed by atoms with Gasteiger partial charge >= 0.3 is 0 Å². The van der Waals surface area contributed by atoms with Crippen LogP contribution in [-0.2, 0) is 4.74 Å². The van der Waals surface area contributed by atoms with Crippen molar-refractivity contribution in [2.24, 2.45) is 0 Å². The van der Waals surface area contributed by atoms with Gasteiger partial charge in [0.05, 0.1) is 6.10 Å². The molecule has 0 aliphatic carbocycles. The maximum absolute atomic E-state index is 13.1. The predicted octanol–water partition coefficient (Wildman–Crippen LogP) is 3.47. The van der Waals surface area contributed by atoms with Crippen molar-refractivity contribution in [2.45, 2.75) is 31.8 Å². The SMILES string of the molecule is O=C(c1ccc(-c2ccncc2)cc1)N1CCCOC(CN2CCCCC2)C1. The van der Waals surface area contributed by atoms with Crippen LogP contribution >= 0.6 is 0 Å². The van der Waals surface area contributed by atoms with Gasteiger partial charge in [0.1, 0.15) is 0 Å². The van der Waals surface area contributed by atoms with Gasteiger partial charge in [-0.1, -0.05) is 18.6 Å². The van der Waals surface area contributed by atoms with Gasteiger partial charge in [-0.3, -0.25) is 9.78 Å². The standard InChI is InChI=1S/C23H29N3O2/c27-23(21-7-5-19(6-8-21)20-9-11-24-12-10-20)26-15-4-16-28-22(18-26)17-25-13-2-1-3-14-25/h5-12,22H,1-4,13-18H2. The van der Waals surface area contributed by atoms with Crippen molar-refractivity contribution in [3.63, 3.8) is 0 Å². The molecule has 1 aromatic carbocycles. The normalized spacial score (nSPS) is 21.3. The highest BCUT2D eigenvalue weighted by Crippen LogP contribution is 2.20. The maximum atomic E-state index is 13.1. The highest BCUT2D eigenvalue weighted by molar-refractivity contribution is 5.94. The third-order valence-electron chi connectivity index (χ3n) is 5.69. The molecule has 1 aromatic heterocycles. The number of aromatic nitrogens is 1. The molecule has 1 unspecified atom stereocenters. The van der Waals surface area contributed by atoms with Gasteiger partial charge in [0.25, 0.3) is 5.91 Å². The largest absolute Gasteiger partial charge is 0.375 e. The number of carbonyl (C=O) groups is 1. The van der Waals surface area contributed by atoms with Crippen LogP contribution in [0.4, 0.5) is 0 Å². The van der Waals surface area contributed by atoms with E-state index >= 15 is 0 Å². The van der Waals surface area contributed by atoms with Crippen LogP contribution in [0.25, 0.3) is 11.1 Å². The van der Waals surface area contributed by atoms with E-state index in [1.165, 1.54) is 19.3 Å². The van der Waals surface area contributed by atoms with Gasteiger partial charge in [0.2, 0.25) is 0 Å². The van der Waals surface area contributed by atoms with Gasteiger partial charge in [-0.05, 0) is 67.7 Å². The summed E-state index contributed by atoms with van der Waals surface area (Å²) < 4.78 is 6.06. The van der Waals surface area contributed by atoms with E-state index in [-0.39, 0.29) is 12.0 Å². The minimum absolute atomic E-state index is 0.107. The number of carbonyl (C=O) groups excluding carboxylic acids is 1. The minimum Gasteiger partial charge on any atom is -0.375 e. The summed E-state index contributed by atoms with van der Waals surface area (Å²) in [4.78, 5) is 21.6. The van der Waals surface area contributed by atoms with E-state index in [1.54, 1.807) is 12.4 Å². The fourth-order valence-electron chi connectivity index (χ4n) is 4.15. The number of hydrogen-bond donors (Lipinski definition) is 0. The van der Waals surface area contributed by atoms with Crippen LogP contribution < -0.4 is 0 Å². The fraction of sp³-hybridized carbons (Fsp3) is 0.478. The molecular weight excluding hydrogens is 350 g/mol. The van der Waals surface area contributed by atoms with Crippen molar-refractivity contribution in [2.75, 3.05) is 39.3 Å². The maximum Gasteiger partial charge on any atom is 0.253 e. The average molecular weight is 380 g/mol. The summed E-state index contributed by atoms with van der Waals surface area (Å²) in [5.41, 5.74) is 2.95. The molecule has 1 amide bonds. The van der Waals surface area contributed by atoms with Crippen molar-refractivity contribution in [1.29, 1.82) is 0 Å². The second-order valence-corrected chi connectivity index (χ2v) is 7.77. The number of piperidine rings is 1. The Morgan fingerprint density at radius 1 is 0.929 bits per heavy atom. The number of likely N-dealkylation sites (tertiary alicyclic amines) is 1. The Labute approximate surface area is 167 Å². The van der Waals surface area contributed by atoms with Crippen LogP contribution in [0.2, 0.25) is 0 Å². The number of amides is 1. The molecule has 5 heteroatoms. The molecular formula is C23H29N3O2. The Kier molecular flexibility index (Phi) is 6.34. The minimum atomic E-state index is 0.107. The van der Waals surface area contributed by atoms with Gasteiger partial charge in [0, 0.05) is 44.2 Å². The molecule has 2 saturated heterocycles. The van der Waals surface area contributed by atoms with E-state index in [4.69, 9.17) is 4.74 Å². The molecule has 5 nitrogen and oxygen atoms in total. The van der Waals surface area contributed by atoms with Crippen LogP contribution in [0.5, 0.6) is 0 Å². The fourth-order valence-corrected chi connectivity index (χ4v) is 4.15. The molecule has 148 valence electrons. The molecule has 0 bridgehead atoms. The van der Waals surface area contributed by atoms with Crippen LogP contribution in [-0.4, -0.2) is 66.1 Å². The quantitative estimate of drug-likeness (QED) is 0.816. The first-order chi connectivity index (χ1) is 13.8. The molecule has 2 aliphatic heterocycles. The monoisotopic (exact) mass is 379 g/mol. The summed E-state index contributed by atoms with van der Waals surface area (Å²) in [5.74, 6) is 0.107. The Morgan fingerprint density at radius 3 is 2.39 bits per heavy atom. The molecule has 0 saturated carbocycles. The van der Waals surface area contributed by atoms with Gasteiger partial charge in [-0.25, -0.2) is 0 Å². The topological polar surface area (TPSA) is 45.7 Å². The molecule has 4 rings (SSSR count). The Bertz CT molecular complexity index is 757. The molecule has 0 spiro atoms. The third kappa shape index (κ3) is 4.78. The zero-order valence-electron chi connectivity index (χ0n) is 16.4. The molecule has 3 heterocycles. The van der Waals surface area contributed by atoms with Gasteiger partial charge in [-0.2, -0.15) is 0 Å². The highest BCUT2D eigenvalue weighted by Gasteiger charge is 2.25. The van der Waals surface area contributed by atoms with Gasteiger partial charge in [-0.15, -0.1) is 0 Å². The number of hydrogen-bond acceptors (Lipinski definition) is 4. The summed E-state index contributed by atoms with van der Waals surface area (Å²) in [5, 5.41) is 0. The van der Waals surface area contributed by atoms with E-state index in [2.05, 4.69) is 9.88 Å². The first-order valence-electron chi connectivity index (χ1n) is 10.4. The van der Waals surface area contributed by atoms with Gasteiger partial charge < -0.3 is 14.5 Å². The molecule has 0 radical (unpaired) electrons. The molecule has 1 atom stereocenters. The molecule has 28 heavy (non-hydrogen) atoms. The summed E-state index contributed by atoms with van der Waals surface area (Å²) >= 11 is 0. The van der Waals surface area contributed by atoms with Crippen LogP contribution in [0.3, 0.4) is 0 Å². The first kappa shape index (κ1) is 19.1. The summed E-state index contributed by atoms with van der Waals surface area (Å²) in [6.07, 6.45) is 8.47. The lowest BCUT2D eigenvalue weighted by molar-refractivity contribution is 0.0216. The molecule has 2 aliphatic rings. The Balaban J connectivity index is 1.41. The van der Waals surface area contributed by atoms with Crippen LogP contribution in [0, 0.1) is 0 Å². The van der Waals surface area contributed by atoms with Gasteiger partial charge in [0.15, 0.2) is 0 Å². The lowest BCUT2D eigenvalue weighted by atomic mass is 10.0. The van der Waals surface area contributed by atoms with Crippen molar-refractivity contribution >= 4 is 5.91 Å². The lowest BCUT2D eigenvalue weighted by Crippen LogP contribution is -2.43. The average Bonchev–Trinajstić information content (AvgIpc) is 3.00. The third-order valence-corrected chi connectivity index (χ3v) is 5.69. The van der Waals surface area contributed by atoms with Crippen molar-refractivity contribution in [3.8, 4) is 11.1 Å². The predicted molar refractivity (Wildman–Crippen MR) is 110 cm³/mol. The molecule has 0 N–H and O–H groups in total. The van der Waals surface area contributed by atoms with E-state index in [1.807, 2.05) is 41.3 Å². The second-order valence-electron chi connectivity index (χ2n) is 7.77. The van der Waals surface area contributed by atoms with E-state index in [9.17, 15) is 4.79 Å². The summed E-state index contributed by atoms with van der Waals surface area (Å²) in [7, 11) is 0. The van der Waals surface area contributed by atoms with Crippen LogP contribution in [0.15, 0.2) is 48.8 Å². The lowest BCUT2D eigenvalue weighted by Gasteiger charge is -2.31. The number of pyridine rings is 1. The molecule has 2 fully saturated rings. The van der Waals surface area contributed by atoms with Crippen molar-refractivity contribution < 1.29 is 9.53 Å². The molecule has 2 aromatic rings. The smallest absolute Gasteiger partial charge is 0.253 e. The summed E-state index contributed by atoms with van der Waals surface area (Å²) in [6.45, 7) is 5.44.